The van der Waals surface area contributed by atoms with Gasteiger partial charge >= 0.3 is 5.97 Å². The van der Waals surface area contributed by atoms with Crippen LogP contribution in [0.3, 0.4) is 0 Å². The Kier molecular flexibility index (Phi) is 3.78. The first-order valence-corrected chi connectivity index (χ1v) is 6.06. The molecule has 0 unspecified atom stereocenters. The lowest BCUT2D eigenvalue weighted by Gasteiger charge is -2.06. The largest absolute Gasteiger partial charge is 0.497 e. The molecule has 18 heavy (non-hydrogen) atoms. The van der Waals surface area contributed by atoms with Crippen LogP contribution in [0.5, 0.6) is 5.75 Å². The van der Waals surface area contributed by atoms with Crippen LogP contribution in [0.4, 0.5) is 5.69 Å². The van der Waals surface area contributed by atoms with Gasteiger partial charge in [0.2, 0.25) is 0 Å². The van der Waals surface area contributed by atoms with Crippen LogP contribution in [-0.4, -0.2) is 18.1 Å². The third-order valence-electron chi connectivity index (χ3n) is 2.23. The predicted octanol–water partition coefficient (Wildman–Crippen LogP) is 2.09. The van der Waals surface area contributed by atoms with Crippen LogP contribution >= 0.6 is 11.3 Å². The maximum atomic E-state index is 11.8. The molecule has 0 saturated carbocycles. The van der Waals surface area contributed by atoms with E-state index in [1.165, 1.54) is 18.4 Å². The number of hydrogen-bond donors (Lipinski definition) is 1. The van der Waals surface area contributed by atoms with E-state index in [2.05, 4.69) is 4.98 Å². The number of aromatic nitrogens is 1. The van der Waals surface area contributed by atoms with Crippen molar-refractivity contribution in [3.8, 4) is 5.75 Å². The number of nitrogen functional groups attached to an aromatic ring is 1. The fourth-order valence-corrected chi connectivity index (χ4v) is 1.90. The number of thiazole rings is 1. The Morgan fingerprint density at radius 2 is 2.28 bits per heavy atom. The SMILES string of the molecule is COc1cc(N)cc(C(=O)OCc2cncs2)c1. The third-order valence-corrected chi connectivity index (χ3v) is 2.98. The van der Waals surface area contributed by atoms with E-state index < -0.39 is 5.97 Å². The second-order valence-corrected chi connectivity index (χ2v) is 4.51. The van der Waals surface area contributed by atoms with Gasteiger partial charge in [0.25, 0.3) is 0 Å². The second kappa shape index (κ2) is 5.50. The molecule has 0 spiro atoms. The number of carbonyl (C=O) groups is 1. The number of hydrogen-bond acceptors (Lipinski definition) is 6. The van der Waals surface area contributed by atoms with E-state index in [4.69, 9.17) is 15.2 Å². The lowest BCUT2D eigenvalue weighted by molar-refractivity contribution is 0.0476. The molecule has 2 aromatic rings. The first-order valence-electron chi connectivity index (χ1n) is 5.18. The smallest absolute Gasteiger partial charge is 0.338 e. The van der Waals surface area contributed by atoms with Gasteiger partial charge in [-0.1, -0.05) is 0 Å². The number of nitrogens with zero attached hydrogens (tertiary/aromatic N) is 1. The van der Waals surface area contributed by atoms with E-state index >= 15 is 0 Å². The molecule has 94 valence electrons. The molecule has 0 aliphatic heterocycles. The minimum atomic E-state index is -0.436. The average Bonchev–Trinajstić information content (AvgIpc) is 2.88. The van der Waals surface area contributed by atoms with Gasteiger partial charge in [0.15, 0.2) is 0 Å². The Hall–Kier alpha value is -2.08. The zero-order valence-corrected chi connectivity index (χ0v) is 10.6. The Morgan fingerprint density at radius 3 is 2.94 bits per heavy atom. The number of methoxy groups -OCH3 is 1. The molecule has 1 heterocycles. The van der Waals surface area contributed by atoms with Crippen molar-refractivity contribution in [3.05, 3.63) is 40.3 Å². The molecule has 0 atom stereocenters. The highest BCUT2D eigenvalue weighted by Crippen LogP contribution is 2.19. The van der Waals surface area contributed by atoms with Crippen LogP contribution in [-0.2, 0) is 11.3 Å². The van der Waals surface area contributed by atoms with E-state index in [-0.39, 0.29) is 6.61 Å². The summed E-state index contributed by atoms with van der Waals surface area (Å²) in [7, 11) is 1.52. The fraction of sp³-hybridized carbons (Fsp3) is 0.167. The summed E-state index contributed by atoms with van der Waals surface area (Å²) >= 11 is 1.43. The molecule has 0 saturated heterocycles. The second-order valence-electron chi connectivity index (χ2n) is 3.54. The van der Waals surface area contributed by atoms with Gasteiger partial charge in [-0.05, 0) is 12.1 Å². The molecule has 0 fully saturated rings. The predicted molar refractivity (Wildman–Crippen MR) is 68.6 cm³/mol. The van der Waals surface area contributed by atoms with Crippen molar-refractivity contribution in [3.63, 3.8) is 0 Å². The highest BCUT2D eigenvalue weighted by atomic mass is 32.1. The van der Waals surface area contributed by atoms with Gasteiger partial charge in [-0.2, -0.15) is 0 Å². The molecular formula is C12H12N2O3S. The van der Waals surface area contributed by atoms with Crippen molar-refractivity contribution in [1.82, 2.24) is 4.98 Å². The van der Waals surface area contributed by atoms with Crippen LogP contribution < -0.4 is 10.5 Å². The van der Waals surface area contributed by atoms with Crippen LogP contribution in [0.15, 0.2) is 29.9 Å². The first-order chi connectivity index (χ1) is 8.69. The summed E-state index contributed by atoms with van der Waals surface area (Å²) in [5, 5.41) is 0. The molecule has 5 nitrogen and oxygen atoms in total. The summed E-state index contributed by atoms with van der Waals surface area (Å²) < 4.78 is 10.2. The Morgan fingerprint density at radius 1 is 1.44 bits per heavy atom. The summed E-state index contributed by atoms with van der Waals surface area (Å²) in [5.41, 5.74) is 8.18. The molecule has 2 N–H and O–H groups in total. The standard InChI is InChI=1S/C12H12N2O3S/c1-16-10-3-8(2-9(13)4-10)12(15)17-6-11-5-14-7-18-11/h2-5,7H,6,13H2,1H3. The Balaban J connectivity index is 2.06. The van der Waals surface area contributed by atoms with Gasteiger partial charge in [0, 0.05) is 18.0 Å². The zero-order valence-electron chi connectivity index (χ0n) is 9.75. The number of ether oxygens (including phenoxy) is 2. The van der Waals surface area contributed by atoms with Crippen molar-refractivity contribution in [2.24, 2.45) is 0 Å². The molecule has 6 heteroatoms. The van der Waals surface area contributed by atoms with E-state index in [0.29, 0.717) is 17.0 Å². The van der Waals surface area contributed by atoms with Crippen molar-refractivity contribution in [2.75, 3.05) is 12.8 Å². The Bertz CT molecular complexity index is 540. The molecule has 2 rings (SSSR count). The lowest BCUT2D eigenvalue weighted by atomic mass is 10.2. The highest BCUT2D eigenvalue weighted by molar-refractivity contribution is 7.09. The van der Waals surface area contributed by atoms with Crippen molar-refractivity contribution in [2.45, 2.75) is 6.61 Å². The molecule has 0 amide bonds. The van der Waals surface area contributed by atoms with Gasteiger partial charge in [-0.3, -0.25) is 4.98 Å². The maximum absolute atomic E-state index is 11.8. The van der Waals surface area contributed by atoms with E-state index in [9.17, 15) is 4.79 Å². The average molecular weight is 264 g/mol. The van der Waals surface area contributed by atoms with Gasteiger partial charge in [0.1, 0.15) is 12.4 Å². The first kappa shape index (κ1) is 12.4. The summed E-state index contributed by atoms with van der Waals surface area (Å²) in [4.78, 5) is 16.6. The van der Waals surface area contributed by atoms with Crippen LogP contribution in [0.1, 0.15) is 15.2 Å². The van der Waals surface area contributed by atoms with Crippen molar-refractivity contribution < 1.29 is 14.3 Å². The van der Waals surface area contributed by atoms with Gasteiger partial charge in [0.05, 0.1) is 23.1 Å². The van der Waals surface area contributed by atoms with Crippen molar-refractivity contribution >= 4 is 23.0 Å². The molecule has 0 aliphatic carbocycles. The quantitative estimate of drug-likeness (QED) is 0.676. The third kappa shape index (κ3) is 2.98. The van der Waals surface area contributed by atoms with E-state index in [0.717, 1.165) is 4.88 Å². The van der Waals surface area contributed by atoms with Crippen LogP contribution in [0.25, 0.3) is 0 Å². The summed E-state index contributed by atoms with van der Waals surface area (Å²) in [6, 6.07) is 4.78. The number of carbonyl (C=O) groups excluding carboxylic acids is 1. The maximum Gasteiger partial charge on any atom is 0.338 e. The molecule has 1 aromatic carbocycles. The minimum Gasteiger partial charge on any atom is -0.497 e. The van der Waals surface area contributed by atoms with Gasteiger partial charge in [-0.25, -0.2) is 4.79 Å². The normalized spacial score (nSPS) is 10.1. The Labute approximate surface area is 108 Å². The highest BCUT2D eigenvalue weighted by Gasteiger charge is 2.10. The zero-order chi connectivity index (χ0) is 13.0. The number of nitrogens with two attached hydrogens (primary N) is 1. The lowest BCUT2D eigenvalue weighted by Crippen LogP contribution is -2.05. The number of rotatable bonds is 4. The minimum absolute atomic E-state index is 0.209. The molecule has 0 bridgehead atoms. The van der Waals surface area contributed by atoms with Crippen molar-refractivity contribution in [1.29, 1.82) is 0 Å². The van der Waals surface area contributed by atoms with Gasteiger partial charge < -0.3 is 15.2 Å². The summed E-state index contributed by atoms with van der Waals surface area (Å²) in [6.45, 7) is 0.209. The fourth-order valence-electron chi connectivity index (χ4n) is 1.39. The monoisotopic (exact) mass is 264 g/mol. The summed E-state index contributed by atoms with van der Waals surface area (Å²) in [5.74, 6) is 0.0914. The summed E-state index contributed by atoms with van der Waals surface area (Å²) in [6.07, 6.45) is 1.66. The van der Waals surface area contributed by atoms with Crippen LogP contribution in [0, 0.1) is 0 Å². The van der Waals surface area contributed by atoms with Gasteiger partial charge in [-0.15, -0.1) is 11.3 Å². The molecule has 0 radical (unpaired) electrons. The van der Waals surface area contributed by atoms with Crippen LogP contribution in [0.2, 0.25) is 0 Å². The molecular weight excluding hydrogens is 252 g/mol. The number of esters is 1. The van der Waals surface area contributed by atoms with E-state index in [1.807, 2.05) is 0 Å². The molecule has 0 aliphatic rings. The van der Waals surface area contributed by atoms with E-state index in [1.54, 1.807) is 29.9 Å². The topological polar surface area (TPSA) is 74.4 Å². The number of benzene rings is 1. The number of anilines is 1. The molecule has 1 aromatic heterocycles.